The van der Waals surface area contributed by atoms with Gasteiger partial charge in [0.25, 0.3) is 0 Å². The summed E-state index contributed by atoms with van der Waals surface area (Å²) in [4.78, 5) is 25.3. The summed E-state index contributed by atoms with van der Waals surface area (Å²) >= 11 is 0. The van der Waals surface area contributed by atoms with E-state index < -0.39 is 0 Å². The van der Waals surface area contributed by atoms with Crippen LogP contribution < -0.4 is 9.64 Å². The Labute approximate surface area is 213 Å². The molecule has 0 spiro atoms. The molecule has 2 aliphatic rings. The third kappa shape index (κ3) is 5.20. The lowest BCUT2D eigenvalue weighted by Gasteiger charge is -2.34. The molecule has 0 bridgehead atoms. The third-order valence-electron chi connectivity index (χ3n) is 8.18. The number of ether oxygens (including phenoxy) is 1. The van der Waals surface area contributed by atoms with Gasteiger partial charge in [0.05, 0.1) is 12.8 Å². The quantitative estimate of drug-likeness (QED) is 0.390. The smallest absolute Gasteiger partial charge is 0.231 e. The van der Waals surface area contributed by atoms with Crippen LogP contribution in [0.4, 0.5) is 5.82 Å². The van der Waals surface area contributed by atoms with Crippen molar-refractivity contribution >= 4 is 11.7 Å². The highest BCUT2D eigenvalue weighted by molar-refractivity contribution is 5.94. The number of pyridine rings is 2. The summed E-state index contributed by atoms with van der Waals surface area (Å²) in [5, 5.41) is 0. The van der Waals surface area contributed by atoms with E-state index in [0.717, 1.165) is 92.1 Å². The summed E-state index contributed by atoms with van der Waals surface area (Å²) in [7, 11) is 3.58. The van der Waals surface area contributed by atoms with Gasteiger partial charge in [-0.25, -0.2) is 9.72 Å². The van der Waals surface area contributed by atoms with Gasteiger partial charge in [0.2, 0.25) is 5.91 Å². The Kier molecular flexibility index (Phi) is 7.44. The van der Waals surface area contributed by atoms with E-state index in [1.54, 1.807) is 18.1 Å². The fraction of sp³-hybridized carbons (Fsp3) is 0.552. The van der Waals surface area contributed by atoms with Gasteiger partial charge < -0.3 is 9.26 Å². The molecule has 0 radical (unpaired) electrons. The van der Waals surface area contributed by atoms with Crippen molar-refractivity contribution in [2.24, 2.45) is 18.9 Å². The fourth-order valence-electron chi connectivity index (χ4n) is 5.96. The molecule has 2 saturated carbocycles. The first kappa shape index (κ1) is 24.6. The third-order valence-corrected chi connectivity index (χ3v) is 8.18. The molecule has 5 rings (SSSR count). The molecule has 0 aromatic carbocycles. The van der Waals surface area contributed by atoms with Crippen molar-refractivity contribution in [3.63, 3.8) is 0 Å². The van der Waals surface area contributed by atoms with Crippen LogP contribution in [0.1, 0.15) is 75.1 Å². The Morgan fingerprint density at radius 3 is 2.53 bits per heavy atom. The van der Waals surface area contributed by atoms with E-state index in [9.17, 15) is 4.79 Å². The zero-order valence-electron chi connectivity index (χ0n) is 21.8. The summed E-state index contributed by atoms with van der Waals surface area (Å²) in [6.45, 7) is 2.74. The molecule has 7 nitrogen and oxygen atoms in total. The first-order valence-electron chi connectivity index (χ1n) is 13.4. The number of hydrogen-bond donors (Lipinski definition) is 0. The van der Waals surface area contributed by atoms with E-state index in [2.05, 4.69) is 11.1 Å². The molecule has 0 N–H and O–H groups in total. The number of anilines is 1. The Balaban J connectivity index is 1.31. The zero-order chi connectivity index (χ0) is 25.1. The number of carbonyl (C=O) groups excluding carboxylic acids is 1. The van der Waals surface area contributed by atoms with E-state index in [0.29, 0.717) is 11.8 Å². The van der Waals surface area contributed by atoms with Crippen LogP contribution in [-0.4, -0.2) is 34.3 Å². The number of aryl methyl sites for hydroxylation is 2. The highest BCUT2D eigenvalue weighted by atomic mass is 16.5. The van der Waals surface area contributed by atoms with E-state index in [1.165, 1.54) is 6.42 Å². The lowest BCUT2D eigenvalue weighted by atomic mass is 9.79. The molecule has 3 aromatic rings. The van der Waals surface area contributed by atoms with Crippen LogP contribution in [0.2, 0.25) is 0 Å². The van der Waals surface area contributed by atoms with Gasteiger partial charge in [-0.15, -0.1) is 0 Å². The molecule has 3 aromatic heterocycles. The summed E-state index contributed by atoms with van der Waals surface area (Å²) in [6.07, 6.45) is 13.4. The van der Waals surface area contributed by atoms with Crippen LogP contribution in [0.15, 0.2) is 41.2 Å². The topological polar surface area (TPSA) is 73.4 Å². The average Bonchev–Trinajstić information content (AvgIpc) is 2.91. The van der Waals surface area contributed by atoms with Gasteiger partial charge in [-0.05, 0) is 75.6 Å². The van der Waals surface area contributed by atoms with Crippen molar-refractivity contribution in [1.29, 1.82) is 0 Å². The summed E-state index contributed by atoms with van der Waals surface area (Å²) < 4.78 is 12.4. The minimum Gasteiger partial charge on any atom is -0.495 e. The summed E-state index contributed by atoms with van der Waals surface area (Å²) in [6, 6.07) is 8.17. The van der Waals surface area contributed by atoms with Crippen molar-refractivity contribution in [3.05, 3.63) is 48.1 Å². The molecule has 192 valence electrons. The Hall–Kier alpha value is -3.09. The lowest BCUT2D eigenvalue weighted by molar-refractivity contribution is -0.123. The van der Waals surface area contributed by atoms with Crippen molar-refractivity contribution in [2.75, 3.05) is 18.6 Å². The standard InChI is InChI=1S/C29H38N4O3/c1-20-27(35-3)14-13-25(31-20)22-11-9-21(10-12-22)18-33(29(34)23-7-5-4-6-8-23)28-17-24(15-16-30-28)26-19-36-32(26)2/h13-17,19,21-23H,4-12,18H2,1-3H3. The minimum absolute atomic E-state index is 0.112. The normalized spacial score (nSPS) is 20.9. The maximum atomic E-state index is 13.8. The van der Waals surface area contributed by atoms with E-state index in [1.807, 2.05) is 43.3 Å². The van der Waals surface area contributed by atoms with Gasteiger partial charge in [0, 0.05) is 42.9 Å². The second kappa shape index (κ2) is 10.9. The second-order valence-electron chi connectivity index (χ2n) is 10.5. The van der Waals surface area contributed by atoms with Gasteiger partial charge in [-0.1, -0.05) is 19.3 Å². The van der Waals surface area contributed by atoms with Crippen molar-refractivity contribution in [3.8, 4) is 17.0 Å². The predicted molar refractivity (Wildman–Crippen MR) is 140 cm³/mol. The van der Waals surface area contributed by atoms with E-state index >= 15 is 0 Å². The number of hydrogen-bond acceptors (Lipinski definition) is 5. The molecule has 2 fully saturated rings. The Bertz CT molecular complexity index is 1170. The number of carbonyl (C=O) groups is 1. The number of amides is 1. The predicted octanol–water partition coefficient (Wildman–Crippen LogP) is 6.28. The van der Waals surface area contributed by atoms with Crippen LogP contribution in [0.25, 0.3) is 11.3 Å². The second-order valence-corrected chi connectivity index (χ2v) is 10.5. The van der Waals surface area contributed by atoms with Gasteiger partial charge in [0.15, 0.2) is 0 Å². The van der Waals surface area contributed by atoms with E-state index in [4.69, 9.17) is 14.2 Å². The van der Waals surface area contributed by atoms with Gasteiger partial charge in [0.1, 0.15) is 23.5 Å². The number of methoxy groups -OCH3 is 1. The lowest BCUT2D eigenvalue weighted by Crippen LogP contribution is -2.41. The number of nitrogens with zero attached hydrogens (tertiary/aromatic N) is 4. The van der Waals surface area contributed by atoms with Crippen molar-refractivity contribution < 1.29 is 14.1 Å². The van der Waals surface area contributed by atoms with Crippen LogP contribution in [0.5, 0.6) is 5.75 Å². The highest BCUT2D eigenvalue weighted by Crippen LogP contribution is 2.37. The molecule has 36 heavy (non-hydrogen) atoms. The van der Waals surface area contributed by atoms with Gasteiger partial charge in [-0.2, -0.15) is 0 Å². The minimum atomic E-state index is 0.112. The largest absolute Gasteiger partial charge is 0.495 e. The summed E-state index contributed by atoms with van der Waals surface area (Å²) in [5.74, 6) is 2.90. The number of aromatic nitrogens is 3. The Morgan fingerprint density at radius 2 is 1.89 bits per heavy atom. The number of rotatable bonds is 7. The summed E-state index contributed by atoms with van der Waals surface area (Å²) in [5.41, 5.74) is 4.15. The molecule has 7 heteroatoms. The highest BCUT2D eigenvalue weighted by Gasteiger charge is 2.32. The van der Waals surface area contributed by atoms with Crippen LogP contribution in [0.3, 0.4) is 0 Å². The van der Waals surface area contributed by atoms with Crippen molar-refractivity contribution in [2.45, 2.75) is 70.6 Å². The van der Waals surface area contributed by atoms with Crippen molar-refractivity contribution in [1.82, 2.24) is 14.7 Å². The maximum Gasteiger partial charge on any atom is 0.231 e. The first-order valence-corrected chi connectivity index (χ1v) is 13.4. The average molecular weight is 491 g/mol. The molecule has 0 aliphatic heterocycles. The molecule has 0 unspecified atom stereocenters. The molecule has 0 saturated heterocycles. The Morgan fingerprint density at radius 1 is 1.11 bits per heavy atom. The van der Waals surface area contributed by atoms with Crippen LogP contribution in [0, 0.1) is 18.8 Å². The molecule has 3 heterocycles. The first-order chi connectivity index (χ1) is 17.5. The molecular weight excluding hydrogens is 452 g/mol. The van der Waals surface area contributed by atoms with E-state index in [-0.39, 0.29) is 11.8 Å². The van der Waals surface area contributed by atoms with Crippen LogP contribution in [-0.2, 0) is 11.8 Å². The maximum absolute atomic E-state index is 13.8. The molecule has 2 aliphatic carbocycles. The monoisotopic (exact) mass is 490 g/mol. The van der Waals surface area contributed by atoms with Gasteiger partial charge in [-0.3, -0.25) is 14.7 Å². The molecular formula is C29H38N4O3. The van der Waals surface area contributed by atoms with Gasteiger partial charge >= 0.3 is 0 Å². The zero-order valence-corrected chi connectivity index (χ0v) is 21.8. The molecule has 0 atom stereocenters. The molecule has 1 amide bonds. The SMILES string of the molecule is COc1ccc(C2CCC(CN(C(=O)C3CCCCC3)c3cc(-c4con4C)ccn3)CC2)nc1C. The van der Waals surface area contributed by atoms with Crippen LogP contribution >= 0.6 is 0 Å². The fourth-order valence-corrected chi connectivity index (χ4v) is 5.96.